The zero-order valence-corrected chi connectivity index (χ0v) is 16.7. The van der Waals surface area contributed by atoms with Gasteiger partial charge in [0.25, 0.3) is 0 Å². The van der Waals surface area contributed by atoms with Crippen LogP contribution in [0.2, 0.25) is 0 Å². The van der Waals surface area contributed by atoms with Gasteiger partial charge in [-0.05, 0) is 44.5 Å². The van der Waals surface area contributed by atoms with Crippen molar-refractivity contribution in [2.75, 3.05) is 36.9 Å². The van der Waals surface area contributed by atoms with E-state index in [0.29, 0.717) is 55.7 Å². The minimum absolute atomic E-state index is 0.170. The Bertz CT molecular complexity index is 910. The van der Waals surface area contributed by atoms with Crippen LogP contribution in [0.15, 0.2) is 35.4 Å². The molecule has 0 aliphatic rings. The highest BCUT2D eigenvalue weighted by Gasteiger charge is 2.13. The number of rotatable bonds is 11. The molecule has 0 aliphatic heterocycles. The van der Waals surface area contributed by atoms with Gasteiger partial charge in [0.1, 0.15) is 17.5 Å². The summed E-state index contributed by atoms with van der Waals surface area (Å²) < 4.78 is 32.3. The third kappa shape index (κ3) is 6.16. The predicted molar refractivity (Wildman–Crippen MR) is 107 cm³/mol. The number of hydrogen-bond donors (Lipinski definition) is 3. The minimum atomic E-state index is -3.57. The number of hydrogen-bond acceptors (Lipinski definition) is 8. The molecule has 1 heterocycles. The van der Waals surface area contributed by atoms with Crippen molar-refractivity contribution < 1.29 is 13.2 Å². The molecule has 28 heavy (non-hydrogen) atoms. The standard InChI is InChI=1S/C18H24N6O3S/c1-3-20-17-14(12-19)13-21-18(24-17)23-15-6-8-16(9-7-15)28(25,26)22-10-5-11-27-4-2/h6-9,13,22H,3-5,10-11H2,1-2H3,(H2,20,21,23,24). The maximum atomic E-state index is 12.3. The van der Waals surface area contributed by atoms with Gasteiger partial charge in [-0.25, -0.2) is 18.1 Å². The fourth-order valence-corrected chi connectivity index (χ4v) is 3.36. The summed E-state index contributed by atoms with van der Waals surface area (Å²) in [5.41, 5.74) is 0.978. The van der Waals surface area contributed by atoms with Crippen LogP contribution in [0.1, 0.15) is 25.8 Å². The summed E-state index contributed by atoms with van der Waals surface area (Å²) in [6.45, 7) is 5.86. The number of sulfonamides is 1. The summed E-state index contributed by atoms with van der Waals surface area (Å²) in [5, 5.41) is 15.1. The molecule has 0 radical (unpaired) electrons. The van der Waals surface area contributed by atoms with Crippen molar-refractivity contribution in [2.24, 2.45) is 0 Å². The monoisotopic (exact) mass is 404 g/mol. The molecule has 0 saturated heterocycles. The number of nitrogens with zero attached hydrogens (tertiary/aromatic N) is 3. The highest BCUT2D eigenvalue weighted by atomic mass is 32.2. The second kappa shape index (κ2) is 10.6. The topological polar surface area (TPSA) is 129 Å². The lowest BCUT2D eigenvalue weighted by Crippen LogP contribution is -2.25. The smallest absolute Gasteiger partial charge is 0.240 e. The van der Waals surface area contributed by atoms with E-state index < -0.39 is 10.0 Å². The van der Waals surface area contributed by atoms with Crippen LogP contribution in [0.5, 0.6) is 0 Å². The first-order chi connectivity index (χ1) is 13.5. The molecule has 9 nitrogen and oxygen atoms in total. The van der Waals surface area contributed by atoms with E-state index in [9.17, 15) is 8.42 Å². The molecule has 1 aromatic carbocycles. The molecule has 2 rings (SSSR count). The molecular weight excluding hydrogens is 380 g/mol. The Kier molecular flexibility index (Phi) is 8.13. The van der Waals surface area contributed by atoms with Gasteiger partial charge in [-0.3, -0.25) is 0 Å². The van der Waals surface area contributed by atoms with Gasteiger partial charge >= 0.3 is 0 Å². The van der Waals surface area contributed by atoms with Crippen molar-refractivity contribution in [1.82, 2.24) is 14.7 Å². The summed E-state index contributed by atoms with van der Waals surface area (Å²) in [6, 6.07) is 8.29. The Morgan fingerprint density at radius 1 is 1.21 bits per heavy atom. The minimum Gasteiger partial charge on any atom is -0.382 e. The lowest BCUT2D eigenvalue weighted by Gasteiger charge is -2.10. The Balaban J connectivity index is 2.02. The van der Waals surface area contributed by atoms with Gasteiger partial charge in [0.15, 0.2) is 0 Å². The molecule has 2 aromatic rings. The maximum Gasteiger partial charge on any atom is 0.240 e. The number of ether oxygens (including phenoxy) is 1. The number of aromatic nitrogens is 2. The average molecular weight is 404 g/mol. The van der Waals surface area contributed by atoms with Gasteiger partial charge < -0.3 is 15.4 Å². The van der Waals surface area contributed by atoms with Gasteiger partial charge in [0.05, 0.1) is 11.1 Å². The van der Waals surface area contributed by atoms with Crippen molar-refractivity contribution >= 4 is 27.5 Å². The first-order valence-corrected chi connectivity index (χ1v) is 10.4. The summed E-state index contributed by atoms with van der Waals surface area (Å²) in [7, 11) is -3.57. The Hall–Kier alpha value is -2.74. The van der Waals surface area contributed by atoms with Gasteiger partial charge in [-0.1, -0.05) is 0 Å². The zero-order valence-electron chi connectivity index (χ0n) is 15.9. The molecular formula is C18H24N6O3S. The Morgan fingerprint density at radius 3 is 2.61 bits per heavy atom. The Labute approximate surface area is 165 Å². The fourth-order valence-electron chi connectivity index (χ4n) is 2.28. The van der Waals surface area contributed by atoms with Crippen molar-refractivity contribution in [3.63, 3.8) is 0 Å². The summed E-state index contributed by atoms with van der Waals surface area (Å²) in [4.78, 5) is 8.53. The van der Waals surface area contributed by atoms with Gasteiger partial charge in [-0.15, -0.1) is 0 Å². The SMILES string of the molecule is CCNc1nc(Nc2ccc(S(=O)(=O)NCCCOCC)cc2)ncc1C#N. The quantitative estimate of drug-likeness (QED) is 0.486. The lowest BCUT2D eigenvalue weighted by atomic mass is 10.3. The van der Waals surface area contributed by atoms with E-state index in [0.717, 1.165) is 0 Å². The highest BCUT2D eigenvalue weighted by Crippen LogP contribution is 2.19. The van der Waals surface area contributed by atoms with Crippen molar-refractivity contribution in [3.8, 4) is 6.07 Å². The average Bonchev–Trinajstić information content (AvgIpc) is 2.69. The van der Waals surface area contributed by atoms with Crippen molar-refractivity contribution in [3.05, 3.63) is 36.0 Å². The van der Waals surface area contributed by atoms with E-state index in [2.05, 4.69) is 25.3 Å². The van der Waals surface area contributed by atoms with E-state index in [1.807, 2.05) is 19.9 Å². The number of nitriles is 1. The molecule has 0 saturated carbocycles. The molecule has 0 atom stereocenters. The molecule has 0 bridgehead atoms. The van der Waals surface area contributed by atoms with Gasteiger partial charge in [-0.2, -0.15) is 10.2 Å². The van der Waals surface area contributed by atoms with Gasteiger partial charge in [0.2, 0.25) is 16.0 Å². The summed E-state index contributed by atoms with van der Waals surface area (Å²) >= 11 is 0. The van der Waals surface area contributed by atoms with Crippen molar-refractivity contribution in [2.45, 2.75) is 25.2 Å². The van der Waals surface area contributed by atoms with Crippen LogP contribution in [0.4, 0.5) is 17.5 Å². The predicted octanol–water partition coefficient (Wildman–Crippen LogP) is 2.23. The lowest BCUT2D eigenvalue weighted by molar-refractivity contribution is 0.146. The molecule has 0 aliphatic carbocycles. The molecule has 0 fully saturated rings. The van der Waals surface area contributed by atoms with Crippen LogP contribution >= 0.6 is 0 Å². The summed E-state index contributed by atoms with van der Waals surface area (Å²) in [6.07, 6.45) is 2.04. The zero-order chi connectivity index (χ0) is 20.4. The van der Waals surface area contributed by atoms with Crippen LogP contribution < -0.4 is 15.4 Å². The second-order valence-corrected chi connectivity index (χ2v) is 7.46. The first kappa shape index (κ1) is 21.6. The van der Waals surface area contributed by atoms with E-state index in [-0.39, 0.29) is 4.90 Å². The second-order valence-electron chi connectivity index (χ2n) is 5.70. The molecule has 1 aromatic heterocycles. The Morgan fingerprint density at radius 2 is 1.96 bits per heavy atom. The van der Waals surface area contributed by atoms with Gasteiger partial charge in [0, 0.05) is 32.0 Å². The number of anilines is 3. The van der Waals surface area contributed by atoms with E-state index in [1.165, 1.54) is 18.3 Å². The molecule has 10 heteroatoms. The third-order valence-corrected chi connectivity index (χ3v) is 5.11. The molecule has 0 amide bonds. The molecule has 150 valence electrons. The van der Waals surface area contributed by atoms with E-state index >= 15 is 0 Å². The van der Waals surface area contributed by atoms with Crippen LogP contribution in [-0.2, 0) is 14.8 Å². The van der Waals surface area contributed by atoms with E-state index in [4.69, 9.17) is 10.00 Å². The van der Waals surface area contributed by atoms with Crippen LogP contribution in [-0.4, -0.2) is 44.7 Å². The highest BCUT2D eigenvalue weighted by molar-refractivity contribution is 7.89. The van der Waals surface area contributed by atoms with E-state index in [1.54, 1.807) is 12.1 Å². The molecule has 0 unspecified atom stereocenters. The third-order valence-electron chi connectivity index (χ3n) is 3.64. The van der Waals surface area contributed by atoms with Crippen LogP contribution in [0.25, 0.3) is 0 Å². The number of nitrogens with one attached hydrogen (secondary N) is 3. The van der Waals surface area contributed by atoms with Crippen molar-refractivity contribution in [1.29, 1.82) is 5.26 Å². The molecule has 3 N–H and O–H groups in total. The number of benzene rings is 1. The fraction of sp³-hybridized carbons (Fsp3) is 0.389. The van der Waals surface area contributed by atoms with Crippen LogP contribution in [0, 0.1) is 11.3 Å². The summed E-state index contributed by atoms with van der Waals surface area (Å²) in [5.74, 6) is 0.748. The van der Waals surface area contributed by atoms with Crippen LogP contribution in [0.3, 0.4) is 0 Å². The maximum absolute atomic E-state index is 12.3. The first-order valence-electron chi connectivity index (χ1n) is 8.95. The normalized spacial score (nSPS) is 11.0. The molecule has 0 spiro atoms. The largest absolute Gasteiger partial charge is 0.382 e.